The fraction of sp³-hybridized carbons (Fsp3) is 0.375. The Hall–Kier alpha value is -2.30. The van der Waals surface area contributed by atoms with Crippen LogP contribution in [-0.4, -0.2) is 29.4 Å². The van der Waals surface area contributed by atoms with Crippen LogP contribution in [0.15, 0.2) is 30.3 Å². The Kier molecular flexibility index (Phi) is 4.62. The molecule has 0 saturated heterocycles. The highest BCUT2D eigenvalue weighted by Crippen LogP contribution is 2.14. The number of aromatic amines is 1. The molecule has 0 fully saturated rings. The number of aromatic nitrogens is 1. The molecule has 5 nitrogen and oxygen atoms in total. The van der Waals surface area contributed by atoms with E-state index in [9.17, 15) is 9.59 Å². The zero-order valence-electron chi connectivity index (χ0n) is 12.6. The molecule has 0 bridgehead atoms. The van der Waals surface area contributed by atoms with Gasteiger partial charge in [0.2, 0.25) is 5.91 Å². The molecular formula is C16H21N3O2. The number of carbonyl (C=O) groups excluding carboxylic acids is 2. The van der Waals surface area contributed by atoms with Gasteiger partial charge in [0, 0.05) is 17.4 Å². The molecule has 1 unspecified atom stereocenters. The molecule has 0 aliphatic rings. The lowest BCUT2D eigenvalue weighted by Crippen LogP contribution is -2.45. The number of fused-ring (bicyclic) bond motifs is 1. The number of nitrogens with one attached hydrogen (secondary N) is 3. The summed E-state index contributed by atoms with van der Waals surface area (Å²) >= 11 is 0. The van der Waals surface area contributed by atoms with Crippen LogP contribution in [0, 0.1) is 5.92 Å². The van der Waals surface area contributed by atoms with Crippen molar-refractivity contribution in [3.8, 4) is 0 Å². The van der Waals surface area contributed by atoms with E-state index in [0.717, 1.165) is 10.9 Å². The zero-order valence-corrected chi connectivity index (χ0v) is 12.6. The van der Waals surface area contributed by atoms with Gasteiger partial charge >= 0.3 is 0 Å². The molecule has 1 heterocycles. The fourth-order valence-electron chi connectivity index (χ4n) is 1.99. The van der Waals surface area contributed by atoms with Crippen molar-refractivity contribution in [2.24, 2.45) is 5.92 Å². The van der Waals surface area contributed by atoms with Gasteiger partial charge in [-0.1, -0.05) is 32.0 Å². The molecule has 0 aliphatic heterocycles. The molecule has 0 radical (unpaired) electrons. The first-order valence-corrected chi connectivity index (χ1v) is 7.13. The summed E-state index contributed by atoms with van der Waals surface area (Å²) in [6.45, 7) is 6.32. The molecule has 0 spiro atoms. The minimum Gasteiger partial charge on any atom is -0.354 e. The van der Waals surface area contributed by atoms with Crippen molar-refractivity contribution >= 4 is 22.7 Å². The SMILES string of the molecule is CC(C)CNC(=O)C(C)NC(=O)c1cc2ccccc2[nH]1. The van der Waals surface area contributed by atoms with Crippen molar-refractivity contribution in [3.63, 3.8) is 0 Å². The van der Waals surface area contributed by atoms with Crippen molar-refractivity contribution in [1.82, 2.24) is 15.6 Å². The minimum absolute atomic E-state index is 0.173. The number of carbonyl (C=O) groups is 2. The molecule has 112 valence electrons. The number of H-pyrrole nitrogens is 1. The maximum Gasteiger partial charge on any atom is 0.268 e. The van der Waals surface area contributed by atoms with Crippen LogP contribution in [0.4, 0.5) is 0 Å². The second-order valence-electron chi connectivity index (χ2n) is 5.60. The van der Waals surface area contributed by atoms with Crippen LogP contribution in [-0.2, 0) is 4.79 Å². The van der Waals surface area contributed by atoms with Crippen LogP contribution in [0.2, 0.25) is 0 Å². The first-order chi connectivity index (χ1) is 9.97. The maximum atomic E-state index is 12.1. The second-order valence-corrected chi connectivity index (χ2v) is 5.60. The van der Waals surface area contributed by atoms with Gasteiger partial charge in [0.25, 0.3) is 5.91 Å². The monoisotopic (exact) mass is 287 g/mol. The van der Waals surface area contributed by atoms with Gasteiger partial charge in [-0.2, -0.15) is 0 Å². The summed E-state index contributed by atoms with van der Waals surface area (Å²) in [5.74, 6) is -0.0721. The number of rotatable bonds is 5. The Labute approximate surface area is 124 Å². The standard InChI is InChI=1S/C16H21N3O2/c1-10(2)9-17-15(20)11(3)18-16(21)14-8-12-6-4-5-7-13(12)19-14/h4-8,10-11,19H,9H2,1-3H3,(H,17,20)(H,18,21). The maximum absolute atomic E-state index is 12.1. The van der Waals surface area contributed by atoms with E-state index in [4.69, 9.17) is 0 Å². The second kappa shape index (κ2) is 6.43. The lowest BCUT2D eigenvalue weighted by atomic mass is 10.2. The number of hydrogen-bond acceptors (Lipinski definition) is 2. The zero-order chi connectivity index (χ0) is 15.4. The number of amides is 2. The average Bonchev–Trinajstić information content (AvgIpc) is 2.88. The van der Waals surface area contributed by atoms with Crippen LogP contribution in [0.25, 0.3) is 10.9 Å². The van der Waals surface area contributed by atoms with Crippen molar-refractivity contribution in [2.45, 2.75) is 26.8 Å². The molecule has 5 heteroatoms. The van der Waals surface area contributed by atoms with E-state index in [1.807, 2.05) is 38.1 Å². The molecule has 0 aliphatic carbocycles. The van der Waals surface area contributed by atoms with Crippen LogP contribution in [0.1, 0.15) is 31.3 Å². The highest BCUT2D eigenvalue weighted by Gasteiger charge is 2.17. The third-order valence-corrected chi connectivity index (χ3v) is 3.20. The highest BCUT2D eigenvalue weighted by atomic mass is 16.2. The lowest BCUT2D eigenvalue weighted by molar-refractivity contribution is -0.122. The Morgan fingerprint density at radius 1 is 1.19 bits per heavy atom. The van der Waals surface area contributed by atoms with Gasteiger partial charge in [0.15, 0.2) is 0 Å². The summed E-state index contributed by atoms with van der Waals surface area (Å²) in [6.07, 6.45) is 0. The molecule has 2 rings (SSSR count). The van der Waals surface area contributed by atoms with Crippen molar-refractivity contribution in [2.75, 3.05) is 6.54 Å². The Bertz CT molecular complexity index is 613. The fourth-order valence-corrected chi connectivity index (χ4v) is 1.99. The number of benzene rings is 1. The Morgan fingerprint density at radius 2 is 1.90 bits per heavy atom. The largest absolute Gasteiger partial charge is 0.354 e. The van der Waals surface area contributed by atoms with Crippen LogP contribution in [0.5, 0.6) is 0 Å². The predicted octanol–water partition coefficient (Wildman–Crippen LogP) is 2.06. The van der Waals surface area contributed by atoms with Crippen LogP contribution < -0.4 is 10.6 Å². The number of para-hydroxylation sites is 1. The third kappa shape index (κ3) is 3.84. The molecule has 2 amide bonds. The molecule has 0 saturated carbocycles. The summed E-state index contributed by atoms with van der Waals surface area (Å²) < 4.78 is 0. The van der Waals surface area contributed by atoms with E-state index in [2.05, 4.69) is 15.6 Å². The van der Waals surface area contributed by atoms with Crippen LogP contribution >= 0.6 is 0 Å². The van der Waals surface area contributed by atoms with E-state index in [1.165, 1.54) is 0 Å². The molecule has 1 aromatic carbocycles. The van der Waals surface area contributed by atoms with Gasteiger partial charge in [-0.25, -0.2) is 0 Å². The Balaban J connectivity index is 1.98. The topological polar surface area (TPSA) is 74.0 Å². The van der Waals surface area contributed by atoms with E-state index in [1.54, 1.807) is 13.0 Å². The summed E-state index contributed by atoms with van der Waals surface area (Å²) in [5, 5.41) is 6.47. The quantitative estimate of drug-likeness (QED) is 0.787. The normalized spacial score (nSPS) is 12.4. The van der Waals surface area contributed by atoms with Gasteiger partial charge in [-0.3, -0.25) is 9.59 Å². The lowest BCUT2D eigenvalue weighted by Gasteiger charge is -2.14. The summed E-state index contributed by atoms with van der Waals surface area (Å²) in [4.78, 5) is 27.0. The van der Waals surface area contributed by atoms with Gasteiger partial charge in [-0.05, 0) is 25.0 Å². The predicted molar refractivity (Wildman–Crippen MR) is 83.1 cm³/mol. The molecular weight excluding hydrogens is 266 g/mol. The Morgan fingerprint density at radius 3 is 2.57 bits per heavy atom. The van der Waals surface area contributed by atoms with E-state index in [-0.39, 0.29) is 11.8 Å². The van der Waals surface area contributed by atoms with E-state index in [0.29, 0.717) is 18.2 Å². The highest BCUT2D eigenvalue weighted by molar-refractivity contribution is 6.00. The molecule has 21 heavy (non-hydrogen) atoms. The summed E-state index contributed by atoms with van der Waals surface area (Å²) in [7, 11) is 0. The van der Waals surface area contributed by atoms with E-state index >= 15 is 0 Å². The van der Waals surface area contributed by atoms with Crippen molar-refractivity contribution in [1.29, 1.82) is 0 Å². The third-order valence-electron chi connectivity index (χ3n) is 3.20. The summed E-state index contributed by atoms with van der Waals surface area (Å²) in [5.41, 5.74) is 1.36. The van der Waals surface area contributed by atoms with Crippen molar-refractivity contribution < 1.29 is 9.59 Å². The average molecular weight is 287 g/mol. The van der Waals surface area contributed by atoms with Gasteiger partial charge in [0.1, 0.15) is 11.7 Å². The van der Waals surface area contributed by atoms with Gasteiger partial charge in [-0.15, -0.1) is 0 Å². The molecule has 1 aromatic heterocycles. The molecule has 3 N–H and O–H groups in total. The first-order valence-electron chi connectivity index (χ1n) is 7.13. The first kappa shape index (κ1) is 15.1. The molecule has 2 aromatic rings. The van der Waals surface area contributed by atoms with Gasteiger partial charge in [0.05, 0.1) is 0 Å². The smallest absolute Gasteiger partial charge is 0.268 e. The van der Waals surface area contributed by atoms with Gasteiger partial charge < -0.3 is 15.6 Å². The van der Waals surface area contributed by atoms with Crippen LogP contribution in [0.3, 0.4) is 0 Å². The molecule has 1 atom stereocenters. The summed E-state index contributed by atoms with van der Waals surface area (Å²) in [6, 6.07) is 8.88. The van der Waals surface area contributed by atoms with Crippen molar-refractivity contribution in [3.05, 3.63) is 36.0 Å². The van der Waals surface area contributed by atoms with E-state index < -0.39 is 6.04 Å². The number of hydrogen-bond donors (Lipinski definition) is 3. The minimum atomic E-state index is -0.567.